The van der Waals surface area contributed by atoms with Crippen LogP contribution in [0.3, 0.4) is 0 Å². The second-order valence-corrected chi connectivity index (χ2v) is 3.81. The third-order valence-corrected chi connectivity index (χ3v) is 2.88. The molecule has 1 unspecified atom stereocenters. The summed E-state index contributed by atoms with van der Waals surface area (Å²) < 4.78 is 0. The standard InChI is InChI=1S/C10H19NS/c1-3-4-5-6-7-10(12-2)8-9-11/h3,5,10H,6-9,11H2,1-2H3. The summed E-state index contributed by atoms with van der Waals surface area (Å²) >= 11 is 1.91. The van der Waals surface area contributed by atoms with Crippen molar-refractivity contribution in [3.63, 3.8) is 0 Å². The van der Waals surface area contributed by atoms with Gasteiger partial charge in [0.2, 0.25) is 0 Å². The van der Waals surface area contributed by atoms with E-state index in [2.05, 4.69) is 18.1 Å². The molecule has 0 saturated carbocycles. The van der Waals surface area contributed by atoms with E-state index in [1.54, 1.807) is 0 Å². The van der Waals surface area contributed by atoms with Gasteiger partial charge in [0.05, 0.1) is 0 Å². The summed E-state index contributed by atoms with van der Waals surface area (Å²) in [5.74, 6) is 0. The molecule has 0 rings (SSSR count). The molecule has 0 aromatic heterocycles. The molecule has 0 radical (unpaired) electrons. The van der Waals surface area contributed by atoms with E-state index in [1.165, 1.54) is 6.42 Å². The lowest BCUT2D eigenvalue weighted by molar-refractivity contribution is 0.715. The SMILES string of the molecule is CC=C=CCCC(CCN)SC. The Morgan fingerprint density at radius 2 is 2.25 bits per heavy atom. The highest BCUT2D eigenvalue weighted by Crippen LogP contribution is 2.16. The van der Waals surface area contributed by atoms with Gasteiger partial charge in [0.1, 0.15) is 0 Å². The van der Waals surface area contributed by atoms with Crippen LogP contribution >= 0.6 is 11.8 Å². The molecule has 12 heavy (non-hydrogen) atoms. The highest BCUT2D eigenvalue weighted by Gasteiger charge is 2.03. The Morgan fingerprint density at radius 1 is 1.50 bits per heavy atom. The van der Waals surface area contributed by atoms with Crippen LogP contribution in [0, 0.1) is 0 Å². The third kappa shape index (κ3) is 6.53. The summed E-state index contributed by atoms with van der Waals surface area (Å²) in [5, 5.41) is 0.727. The maximum absolute atomic E-state index is 5.49. The van der Waals surface area contributed by atoms with E-state index in [1.807, 2.05) is 24.8 Å². The van der Waals surface area contributed by atoms with Gasteiger partial charge in [-0.2, -0.15) is 11.8 Å². The van der Waals surface area contributed by atoms with Crippen LogP contribution in [0.1, 0.15) is 26.2 Å². The van der Waals surface area contributed by atoms with Crippen LogP contribution in [-0.2, 0) is 0 Å². The molecule has 0 saturated heterocycles. The Morgan fingerprint density at radius 3 is 2.75 bits per heavy atom. The normalized spacial score (nSPS) is 11.9. The second kappa shape index (κ2) is 8.92. The molecular weight excluding hydrogens is 166 g/mol. The topological polar surface area (TPSA) is 26.0 Å². The first kappa shape index (κ1) is 11.8. The number of nitrogens with two attached hydrogens (primary N) is 1. The molecule has 0 aliphatic rings. The molecule has 1 atom stereocenters. The highest BCUT2D eigenvalue weighted by atomic mass is 32.2. The van der Waals surface area contributed by atoms with Gasteiger partial charge in [-0.05, 0) is 51.1 Å². The first-order chi connectivity index (χ1) is 5.85. The number of thioether (sulfide) groups is 1. The van der Waals surface area contributed by atoms with Crippen LogP contribution in [-0.4, -0.2) is 18.1 Å². The lowest BCUT2D eigenvalue weighted by Gasteiger charge is -2.10. The first-order valence-electron chi connectivity index (χ1n) is 4.43. The summed E-state index contributed by atoms with van der Waals surface area (Å²) in [6.45, 7) is 2.79. The minimum absolute atomic E-state index is 0.727. The van der Waals surface area contributed by atoms with Crippen molar-refractivity contribution in [1.82, 2.24) is 0 Å². The summed E-state index contributed by atoms with van der Waals surface area (Å²) in [6.07, 6.45) is 9.66. The Bertz CT molecular complexity index is 148. The van der Waals surface area contributed by atoms with Crippen LogP contribution in [0.5, 0.6) is 0 Å². The van der Waals surface area contributed by atoms with Crippen molar-refractivity contribution >= 4 is 11.8 Å². The first-order valence-corrected chi connectivity index (χ1v) is 5.72. The van der Waals surface area contributed by atoms with Gasteiger partial charge >= 0.3 is 0 Å². The van der Waals surface area contributed by atoms with Gasteiger partial charge in [-0.15, -0.1) is 5.73 Å². The minimum Gasteiger partial charge on any atom is -0.330 e. The van der Waals surface area contributed by atoms with Crippen molar-refractivity contribution in [2.45, 2.75) is 31.4 Å². The van der Waals surface area contributed by atoms with Gasteiger partial charge in [0.25, 0.3) is 0 Å². The van der Waals surface area contributed by atoms with Crippen molar-refractivity contribution in [2.75, 3.05) is 12.8 Å². The Balaban J connectivity index is 3.50. The molecule has 2 N–H and O–H groups in total. The van der Waals surface area contributed by atoms with Crippen LogP contribution in [0.15, 0.2) is 17.9 Å². The van der Waals surface area contributed by atoms with Crippen LogP contribution in [0.2, 0.25) is 0 Å². The molecule has 0 aromatic carbocycles. The minimum atomic E-state index is 0.727. The number of allylic oxidation sites excluding steroid dienone is 1. The van der Waals surface area contributed by atoms with Gasteiger partial charge in [-0.25, -0.2) is 0 Å². The molecule has 70 valence electrons. The van der Waals surface area contributed by atoms with E-state index < -0.39 is 0 Å². The van der Waals surface area contributed by atoms with E-state index in [4.69, 9.17) is 5.73 Å². The quantitative estimate of drug-likeness (QED) is 0.644. The fraction of sp³-hybridized carbons (Fsp3) is 0.700. The van der Waals surface area contributed by atoms with Gasteiger partial charge in [0, 0.05) is 5.25 Å². The summed E-state index contributed by atoms with van der Waals surface area (Å²) in [7, 11) is 0. The van der Waals surface area contributed by atoms with Crippen molar-refractivity contribution in [2.24, 2.45) is 5.73 Å². The monoisotopic (exact) mass is 185 g/mol. The lowest BCUT2D eigenvalue weighted by Crippen LogP contribution is -2.09. The number of hydrogen-bond donors (Lipinski definition) is 1. The lowest BCUT2D eigenvalue weighted by atomic mass is 10.2. The molecule has 2 heteroatoms. The third-order valence-electron chi connectivity index (χ3n) is 1.74. The zero-order chi connectivity index (χ0) is 9.23. The fourth-order valence-corrected chi connectivity index (χ4v) is 1.78. The Hall–Kier alpha value is -0.170. The largest absolute Gasteiger partial charge is 0.330 e. The van der Waals surface area contributed by atoms with Crippen molar-refractivity contribution in [1.29, 1.82) is 0 Å². The Labute approximate surface area is 80.1 Å². The molecule has 0 aliphatic carbocycles. The molecule has 0 amide bonds. The predicted octanol–water partition coefficient (Wildman–Crippen LogP) is 2.58. The van der Waals surface area contributed by atoms with Gasteiger partial charge in [-0.1, -0.05) is 0 Å². The molecular formula is C10H19NS. The Kier molecular flexibility index (Phi) is 8.80. The van der Waals surface area contributed by atoms with Gasteiger partial charge < -0.3 is 5.73 Å². The zero-order valence-corrected chi connectivity index (χ0v) is 8.86. The maximum Gasteiger partial charge on any atom is 0.00594 e. The van der Waals surface area contributed by atoms with Crippen LogP contribution < -0.4 is 5.73 Å². The van der Waals surface area contributed by atoms with E-state index >= 15 is 0 Å². The van der Waals surface area contributed by atoms with Gasteiger partial charge in [0.15, 0.2) is 0 Å². The second-order valence-electron chi connectivity index (χ2n) is 2.67. The smallest absolute Gasteiger partial charge is 0.00594 e. The van der Waals surface area contributed by atoms with E-state index in [9.17, 15) is 0 Å². The van der Waals surface area contributed by atoms with E-state index in [0.29, 0.717) is 0 Å². The summed E-state index contributed by atoms with van der Waals surface area (Å²) in [4.78, 5) is 0. The number of hydrogen-bond acceptors (Lipinski definition) is 2. The van der Waals surface area contributed by atoms with Crippen LogP contribution in [0.25, 0.3) is 0 Å². The maximum atomic E-state index is 5.49. The van der Waals surface area contributed by atoms with Crippen molar-refractivity contribution in [3.05, 3.63) is 17.9 Å². The van der Waals surface area contributed by atoms with Crippen molar-refractivity contribution < 1.29 is 0 Å². The van der Waals surface area contributed by atoms with E-state index in [0.717, 1.165) is 24.6 Å². The molecule has 0 bridgehead atoms. The molecule has 0 aromatic rings. The fourth-order valence-electron chi connectivity index (χ4n) is 1.04. The summed E-state index contributed by atoms with van der Waals surface area (Å²) in [5.41, 5.74) is 8.57. The van der Waals surface area contributed by atoms with Crippen LogP contribution in [0.4, 0.5) is 0 Å². The average Bonchev–Trinajstić information content (AvgIpc) is 2.10. The van der Waals surface area contributed by atoms with Gasteiger partial charge in [-0.3, -0.25) is 0 Å². The molecule has 0 spiro atoms. The molecule has 0 heterocycles. The number of rotatable bonds is 6. The molecule has 1 nitrogen and oxygen atoms in total. The molecule has 0 aliphatic heterocycles. The average molecular weight is 185 g/mol. The molecule has 0 fully saturated rings. The predicted molar refractivity (Wildman–Crippen MR) is 58.5 cm³/mol. The van der Waals surface area contributed by atoms with E-state index in [-0.39, 0.29) is 0 Å². The highest BCUT2D eigenvalue weighted by molar-refractivity contribution is 7.99. The zero-order valence-electron chi connectivity index (χ0n) is 8.05. The van der Waals surface area contributed by atoms with Crippen molar-refractivity contribution in [3.8, 4) is 0 Å². The summed E-state index contributed by atoms with van der Waals surface area (Å²) in [6, 6.07) is 0.